The number of hydrogen-bond acceptors (Lipinski definition) is 7. The number of aromatic hydroxyl groups is 1. The summed E-state index contributed by atoms with van der Waals surface area (Å²) in [5, 5.41) is 16.7. The molecular formula is C43H60N5O5P. The third-order valence-corrected chi connectivity index (χ3v) is 11.8. The van der Waals surface area contributed by atoms with E-state index in [-0.39, 0.29) is 11.5 Å². The highest BCUT2D eigenvalue weighted by molar-refractivity contribution is 7.39. The molecule has 3 aromatic rings. The Morgan fingerprint density at radius 3 is 2.46 bits per heavy atom. The van der Waals surface area contributed by atoms with Crippen LogP contribution in [0.25, 0.3) is 11.1 Å². The summed E-state index contributed by atoms with van der Waals surface area (Å²) < 4.78 is 9.69. The Bertz CT molecular complexity index is 1930. The topological polar surface area (TPSA) is 116 Å². The van der Waals surface area contributed by atoms with Crippen molar-refractivity contribution in [3.63, 3.8) is 0 Å². The van der Waals surface area contributed by atoms with Crippen LogP contribution < -0.4 is 20.9 Å². The summed E-state index contributed by atoms with van der Waals surface area (Å²) in [6, 6.07) is 10.6. The van der Waals surface area contributed by atoms with Gasteiger partial charge in [-0.25, -0.2) is 0 Å². The molecule has 1 unspecified atom stereocenters. The van der Waals surface area contributed by atoms with Crippen molar-refractivity contribution in [2.75, 3.05) is 18.3 Å². The van der Waals surface area contributed by atoms with E-state index in [1.54, 1.807) is 11.6 Å². The molecule has 292 valence electrons. The van der Waals surface area contributed by atoms with Crippen molar-refractivity contribution in [2.24, 2.45) is 7.05 Å². The predicted molar refractivity (Wildman–Crippen MR) is 220 cm³/mol. The number of aromatic nitrogens is 1. The van der Waals surface area contributed by atoms with Gasteiger partial charge in [0.05, 0.1) is 12.1 Å². The maximum atomic E-state index is 12.6. The van der Waals surface area contributed by atoms with E-state index in [1.807, 2.05) is 64.0 Å². The van der Waals surface area contributed by atoms with Crippen molar-refractivity contribution in [1.29, 1.82) is 0 Å². The standard InChI is InChI=1S/C23H33N3O3.C20H27N2O2P/c1-16(25-23(4,5)29-14-22(2,3)24-15-27)9-10-17-7-6-8-19-20(17)13-26(21(19)28)18-11-12-18;1-5-7-8-15-13(6-2)9-14(10-18(15)23)16-11-21(3)20(24)19-17(16)12-25-22(19)4/h6-8,15,18,25H,1,9-14H2,2-5H3,(H,24,27);9-11,23,25H,5-8,12H2,1-4H3. The van der Waals surface area contributed by atoms with Gasteiger partial charge in [0.25, 0.3) is 11.5 Å². The van der Waals surface area contributed by atoms with Crippen LogP contribution in [0, 0.1) is 0 Å². The zero-order valence-electron chi connectivity index (χ0n) is 33.5. The number of pyridine rings is 1. The minimum Gasteiger partial charge on any atom is -0.508 e. The third kappa shape index (κ3) is 9.56. The third-order valence-electron chi connectivity index (χ3n) is 10.6. The van der Waals surface area contributed by atoms with E-state index in [1.165, 1.54) is 16.7 Å². The Hall–Kier alpha value is -4.14. The van der Waals surface area contributed by atoms with E-state index in [0.29, 0.717) is 33.5 Å². The Morgan fingerprint density at radius 2 is 1.80 bits per heavy atom. The summed E-state index contributed by atoms with van der Waals surface area (Å²) in [5.41, 5.74) is 9.47. The number of allylic oxidation sites excluding steroid dienone is 1. The van der Waals surface area contributed by atoms with Crippen LogP contribution in [-0.2, 0) is 48.5 Å². The second kappa shape index (κ2) is 17.1. The monoisotopic (exact) mass is 757 g/mol. The van der Waals surface area contributed by atoms with Crippen molar-refractivity contribution in [3.05, 3.63) is 92.5 Å². The summed E-state index contributed by atoms with van der Waals surface area (Å²) in [7, 11) is 4.39. The first kappa shape index (κ1) is 41.0. The number of carbonyl (C=O) groups excluding carboxylic acids is 2. The van der Waals surface area contributed by atoms with Crippen LogP contribution in [-0.4, -0.2) is 57.9 Å². The van der Waals surface area contributed by atoms with Gasteiger partial charge in [-0.1, -0.05) is 45.0 Å². The quantitative estimate of drug-likeness (QED) is 0.0797. The molecule has 11 heteroatoms. The molecular weight excluding hydrogens is 697 g/mol. The number of hydrogen-bond donors (Lipinski definition) is 3. The molecule has 1 fully saturated rings. The zero-order chi connectivity index (χ0) is 39.4. The number of nitrogens with zero attached hydrogens (tertiary/aromatic N) is 3. The Balaban J connectivity index is 0.000000210. The van der Waals surface area contributed by atoms with Crippen molar-refractivity contribution < 1.29 is 19.4 Å². The van der Waals surface area contributed by atoms with Crippen LogP contribution in [0.3, 0.4) is 0 Å². The highest BCUT2D eigenvalue weighted by Crippen LogP contribution is 2.44. The molecule has 6 rings (SSSR count). The van der Waals surface area contributed by atoms with Gasteiger partial charge in [0.15, 0.2) is 0 Å². The lowest BCUT2D eigenvalue weighted by Gasteiger charge is -2.33. The van der Waals surface area contributed by atoms with Crippen LogP contribution in [0.1, 0.15) is 112 Å². The normalized spacial score (nSPS) is 15.5. The number of fused-ring (bicyclic) bond motifs is 2. The molecule has 0 saturated heterocycles. The first-order valence-corrected chi connectivity index (χ1v) is 20.5. The highest BCUT2D eigenvalue weighted by Gasteiger charge is 2.39. The molecule has 2 aromatic carbocycles. The van der Waals surface area contributed by atoms with Gasteiger partial charge in [-0.3, -0.25) is 14.4 Å². The number of aryl methyl sites for hydroxylation is 3. The first-order valence-electron chi connectivity index (χ1n) is 19.4. The molecule has 1 aromatic heterocycles. The number of rotatable bonds is 16. The molecule has 0 bridgehead atoms. The molecule has 2 aliphatic heterocycles. The SMILES string of the molecule is C=C(CCc1cccc2c1CN(C1CC1)C2=O)NC(C)(C)OCC(C)(C)NC=O.CCCCc1c(O)cc(-c2cn(C)c(=O)c3c2CPN3C)cc1CC. The van der Waals surface area contributed by atoms with Crippen LogP contribution in [0.2, 0.25) is 0 Å². The van der Waals surface area contributed by atoms with E-state index in [0.717, 1.165) is 103 Å². The molecule has 1 aliphatic carbocycles. The van der Waals surface area contributed by atoms with Gasteiger partial charge in [-0.05, 0) is 127 Å². The molecule has 3 N–H and O–H groups in total. The first-order chi connectivity index (χ1) is 25.6. The van der Waals surface area contributed by atoms with Crippen molar-refractivity contribution >= 4 is 26.7 Å². The fraction of sp³-hybridized carbons (Fsp3) is 0.512. The smallest absolute Gasteiger partial charge is 0.274 e. The van der Waals surface area contributed by atoms with E-state index in [2.05, 4.69) is 47.9 Å². The van der Waals surface area contributed by atoms with Crippen LogP contribution in [0.15, 0.2) is 53.6 Å². The van der Waals surface area contributed by atoms with Crippen LogP contribution in [0.4, 0.5) is 5.69 Å². The molecule has 1 atom stereocenters. The number of unbranched alkanes of at least 4 members (excludes halogenated alkanes) is 1. The summed E-state index contributed by atoms with van der Waals surface area (Å²) in [4.78, 5) is 37.8. The lowest BCUT2D eigenvalue weighted by Crippen LogP contribution is -2.49. The van der Waals surface area contributed by atoms with Gasteiger partial charge < -0.3 is 34.6 Å². The van der Waals surface area contributed by atoms with Crippen molar-refractivity contribution in [2.45, 2.75) is 123 Å². The summed E-state index contributed by atoms with van der Waals surface area (Å²) in [5.74, 6) is 0.571. The Kier molecular flexibility index (Phi) is 13.0. The van der Waals surface area contributed by atoms with Gasteiger partial charge in [0.2, 0.25) is 6.41 Å². The van der Waals surface area contributed by atoms with E-state index in [4.69, 9.17) is 4.74 Å². The fourth-order valence-electron chi connectivity index (χ4n) is 7.34. The molecule has 2 amide bonds. The molecule has 3 heterocycles. The molecule has 54 heavy (non-hydrogen) atoms. The number of nitrogens with one attached hydrogen (secondary N) is 2. The number of anilines is 1. The Morgan fingerprint density at radius 1 is 1.06 bits per heavy atom. The molecule has 0 spiro atoms. The van der Waals surface area contributed by atoms with Crippen molar-refractivity contribution in [3.8, 4) is 16.9 Å². The molecule has 3 aliphatic rings. The lowest BCUT2D eigenvalue weighted by molar-refractivity contribution is -0.113. The molecule has 1 saturated carbocycles. The number of phenols is 1. The van der Waals surface area contributed by atoms with Crippen LogP contribution in [0.5, 0.6) is 5.75 Å². The van der Waals surface area contributed by atoms with E-state index < -0.39 is 11.3 Å². The van der Waals surface area contributed by atoms with Crippen LogP contribution >= 0.6 is 8.73 Å². The van der Waals surface area contributed by atoms with E-state index >= 15 is 0 Å². The minimum absolute atomic E-state index is 0.0609. The summed E-state index contributed by atoms with van der Waals surface area (Å²) >= 11 is 0. The highest BCUT2D eigenvalue weighted by atomic mass is 31.1. The average molecular weight is 758 g/mol. The maximum Gasteiger partial charge on any atom is 0.274 e. The number of carbonyl (C=O) groups is 2. The van der Waals surface area contributed by atoms with Gasteiger partial charge in [0, 0.05) is 55.9 Å². The minimum atomic E-state index is -0.601. The largest absolute Gasteiger partial charge is 0.508 e. The lowest BCUT2D eigenvalue weighted by atomic mass is 9.92. The molecule has 10 nitrogen and oxygen atoms in total. The maximum absolute atomic E-state index is 12.6. The second-order valence-corrected chi connectivity index (χ2v) is 17.4. The van der Waals surface area contributed by atoms with Gasteiger partial charge in [-0.15, -0.1) is 0 Å². The van der Waals surface area contributed by atoms with Gasteiger partial charge in [-0.2, -0.15) is 0 Å². The Labute approximate surface area is 323 Å². The number of benzene rings is 2. The zero-order valence-corrected chi connectivity index (χ0v) is 34.5. The van der Waals surface area contributed by atoms with Gasteiger partial charge in [0.1, 0.15) is 17.2 Å². The summed E-state index contributed by atoms with van der Waals surface area (Å²) in [6.07, 6.45) is 11.4. The second-order valence-electron chi connectivity index (χ2n) is 16.1. The number of phenolic OH excluding ortho intramolecular Hbond substituents is 1. The average Bonchev–Trinajstić information content (AvgIpc) is 3.81. The number of ether oxygens (including phenoxy) is 1. The van der Waals surface area contributed by atoms with Gasteiger partial charge >= 0.3 is 0 Å². The number of amides is 2. The fourth-order valence-corrected chi connectivity index (χ4v) is 8.48. The van der Waals surface area contributed by atoms with E-state index in [9.17, 15) is 19.5 Å². The molecule has 0 radical (unpaired) electrons. The predicted octanol–water partition coefficient (Wildman–Crippen LogP) is 7.32. The summed E-state index contributed by atoms with van der Waals surface area (Å²) in [6.45, 7) is 17.3. The van der Waals surface area contributed by atoms with Crippen molar-refractivity contribution in [1.82, 2.24) is 20.1 Å².